The van der Waals surface area contributed by atoms with Crippen LogP contribution in [0.3, 0.4) is 0 Å². The quantitative estimate of drug-likeness (QED) is 0.148. The van der Waals surface area contributed by atoms with Crippen molar-refractivity contribution >= 4 is 45.6 Å². The van der Waals surface area contributed by atoms with E-state index in [9.17, 15) is 9.59 Å². The van der Waals surface area contributed by atoms with Crippen LogP contribution in [-0.2, 0) is 26.7 Å². The zero-order valence-corrected chi connectivity index (χ0v) is 26.5. The summed E-state index contributed by atoms with van der Waals surface area (Å²) in [5, 5.41) is 2.97. The second kappa shape index (κ2) is 11.7. The molecule has 0 atom stereocenters. The second-order valence-corrected chi connectivity index (χ2v) is 28.9. The summed E-state index contributed by atoms with van der Waals surface area (Å²) in [4.78, 5) is 24.3. The number of carbonyl (C=O) groups excluding carboxylic acids is 2. The third kappa shape index (κ3) is 13.9. The van der Waals surface area contributed by atoms with Crippen LogP contribution in [-0.4, -0.2) is 58.8 Å². The zero-order valence-electron chi connectivity index (χ0n) is 22.5. The molecule has 11 heteroatoms. The number of nitrogens with one attached hydrogen (secondary N) is 1. The minimum Gasteiger partial charge on any atom is -0.461 e. The molecule has 0 radical (unpaired) electrons. The molecule has 0 aromatic carbocycles. The Labute approximate surface area is 200 Å². The molecule has 1 N–H and O–H groups in total. The standard InChI is InChI=1S/C21H47NO6Si4/c1-18(2)19(23)25-17-21(3,4)20(24)22-15-14-16-32(26-29(5,6)7,27-30(8,9)10)28-31(11,12)13/h1,14-17H2,2-13H3,(H,22,24). The number of amides is 1. The molecule has 0 bridgehead atoms. The number of carbonyl (C=O) groups is 2. The maximum absolute atomic E-state index is 12.7. The molecule has 0 rings (SSSR count). The Morgan fingerprint density at radius 2 is 1.25 bits per heavy atom. The summed E-state index contributed by atoms with van der Waals surface area (Å²) in [6.07, 6.45) is 0.693. The highest BCUT2D eigenvalue weighted by Gasteiger charge is 2.49. The van der Waals surface area contributed by atoms with Gasteiger partial charge < -0.3 is 22.4 Å². The minimum atomic E-state index is -2.91. The second-order valence-electron chi connectivity index (χ2n) is 11.9. The van der Waals surface area contributed by atoms with E-state index < -0.39 is 45.1 Å². The molecule has 0 aliphatic carbocycles. The first-order valence-corrected chi connectivity index (χ1v) is 23.4. The summed E-state index contributed by atoms with van der Waals surface area (Å²) in [5.74, 6) is -0.653. The molecular weight excluding hydrogens is 475 g/mol. The van der Waals surface area contributed by atoms with Gasteiger partial charge in [-0.1, -0.05) is 6.58 Å². The highest BCUT2D eigenvalue weighted by molar-refractivity contribution is 6.90. The van der Waals surface area contributed by atoms with E-state index in [2.05, 4.69) is 70.8 Å². The number of hydrogen-bond donors (Lipinski definition) is 1. The van der Waals surface area contributed by atoms with Crippen molar-refractivity contribution in [3.63, 3.8) is 0 Å². The van der Waals surface area contributed by atoms with Gasteiger partial charge in [-0.15, -0.1) is 0 Å². The average molecular weight is 522 g/mol. The first kappa shape index (κ1) is 31.4. The normalized spacial score (nSPS) is 13.6. The molecule has 7 nitrogen and oxygen atoms in total. The summed E-state index contributed by atoms with van der Waals surface area (Å²) < 4.78 is 25.2. The number of ether oxygens (including phenoxy) is 1. The van der Waals surface area contributed by atoms with Crippen molar-refractivity contribution in [2.75, 3.05) is 13.2 Å². The smallest absolute Gasteiger partial charge is 0.461 e. The lowest BCUT2D eigenvalue weighted by Crippen LogP contribution is -2.60. The molecular formula is C21H47NO6Si4. The highest BCUT2D eigenvalue weighted by atomic mass is 28.5. The van der Waals surface area contributed by atoms with Crippen molar-refractivity contribution in [1.29, 1.82) is 0 Å². The fourth-order valence-electron chi connectivity index (χ4n) is 2.80. The largest absolute Gasteiger partial charge is 0.469 e. The average Bonchev–Trinajstić information content (AvgIpc) is 2.51. The Bertz CT molecular complexity index is 622. The monoisotopic (exact) mass is 521 g/mol. The Balaban J connectivity index is 5.22. The lowest BCUT2D eigenvalue weighted by atomic mass is 9.93. The molecule has 0 spiro atoms. The topological polar surface area (TPSA) is 83.1 Å². The van der Waals surface area contributed by atoms with E-state index in [-0.39, 0.29) is 12.5 Å². The first-order valence-electron chi connectivity index (χ1n) is 11.3. The van der Waals surface area contributed by atoms with Gasteiger partial charge in [0.25, 0.3) is 0 Å². The number of esters is 1. The molecule has 0 saturated heterocycles. The van der Waals surface area contributed by atoms with Crippen LogP contribution in [0.4, 0.5) is 0 Å². The van der Waals surface area contributed by atoms with Crippen LogP contribution >= 0.6 is 0 Å². The Morgan fingerprint density at radius 3 is 1.59 bits per heavy atom. The Hall–Kier alpha value is -0.572. The molecule has 0 unspecified atom stereocenters. The minimum absolute atomic E-state index is 0.000575. The maximum atomic E-state index is 12.7. The van der Waals surface area contributed by atoms with E-state index in [1.54, 1.807) is 20.8 Å². The molecule has 32 heavy (non-hydrogen) atoms. The van der Waals surface area contributed by atoms with E-state index in [0.717, 1.165) is 0 Å². The van der Waals surface area contributed by atoms with Gasteiger partial charge in [0.15, 0.2) is 25.0 Å². The van der Waals surface area contributed by atoms with Gasteiger partial charge >= 0.3 is 14.8 Å². The molecule has 0 aromatic heterocycles. The van der Waals surface area contributed by atoms with Gasteiger partial charge in [-0.3, -0.25) is 4.79 Å². The summed E-state index contributed by atoms with van der Waals surface area (Å²) in [7, 11) is -8.67. The molecule has 0 heterocycles. The predicted octanol–water partition coefficient (Wildman–Crippen LogP) is 5.13. The van der Waals surface area contributed by atoms with Crippen LogP contribution in [0.25, 0.3) is 0 Å². The predicted molar refractivity (Wildman–Crippen MR) is 141 cm³/mol. The maximum Gasteiger partial charge on any atom is 0.469 e. The van der Waals surface area contributed by atoms with Crippen molar-refractivity contribution in [1.82, 2.24) is 5.32 Å². The van der Waals surface area contributed by atoms with E-state index >= 15 is 0 Å². The van der Waals surface area contributed by atoms with E-state index in [1.807, 2.05) is 0 Å². The van der Waals surface area contributed by atoms with Crippen LogP contribution < -0.4 is 5.32 Å². The molecule has 188 valence electrons. The van der Waals surface area contributed by atoms with Gasteiger partial charge in [-0.2, -0.15) is 0 Å². The van der Waals surface area contributed by atoms with Gasteiger partial charge in [0.1, 0.15) is 6.61 Å². The summed E-state index contributed by atoms with van der Waals surface area (Å²) in [5.41, 5.74) is -0.521. The van der Waals surface area contributed by atoms with Crippen molar-refractivity contribution in [2.24, 2.45) is 5.41 Å². The fraction of sp³-hybridized carbons (Fsp3) is 0.810. The molecule has 0 aliphatic heterocycles. The van der Waals surface area contributed by atoms with Crippen LogP contribution in [0.15, 0.2) is 12.2 Å². The first-order chi connectivity index (χ1) is 14.1. The van der Waals surface area contributed by atoms with Gasteiger partial charge in [0.05, 0.1) is 5.41 Å². The highest BCUT2D eigenvalue weighted by Crippen LogP contribution is 2.29. The third-order valence-electron chi connectivity index (χ3n) is 3.86. The molecule has 1 amide bonds. The van der Waals surface area contributed by atoms with Gasteiger partial charge in [0, 0.05) is 18.2 Å². The van der Waals surface area contributed by atoms with Gasteiger partial charge in [0.2, 0.25) is 5.91 Å². The third-order valence-corrected chi connectivity index (χ3v) is 15.9. The van der Waals surface area contributed by atoms with Crippen molar-refractivity contribution in [3.05, 3.63) is 12.2 Å². The SMILES string of the molecule is C=C(C)C(=O)OCC(C)(C)C(=O)NCCC[Si](O[Si](C)(C)C)(O[Si](C)(C)C)O[Si](C)(C)C. The summed E-state index contributed by atoms with van der Waals surface area (Å²) in [6, 6.07) is 0.664. The van der Waals surface area contributed by atoms with Crippen LogP contribution in [0, 0.1) is 5.41 Å². The molecule has 0 aromatic rings. The van der Waals surface area contributed by atoms with Gasteiger partial charge in [-0.05, 0) is 86.1 Å². The molecule has 0 aliphatic rings. The molecule has 0 saturated carbocycles. The van der Waals surface area contributed by atoms with E-state index in [4.69, 9.17) is 17.1 Å². The van der Waals surface area contributed by atoms with Crippen molar-refractivity contribution in [2.45, 2.75) is 92.2 Å². The van der Waals surface area contributed by atoms with Crippen molar-refractivity contribution in [3.8, 4) is 0 Å². The van der Waals surface area contributed by atoms with Gasteiger partial charge in [-0.25, -0.2) is 4.79 Å². The lowest BCUT2D eigenvalue weighted by Gasteiger charge is -2.43. The molecule has 0 fully saturated rings. The fourth-order valence-corrected chi connectivity index (χ4v) is 17.5. The Kier molecular flexibility index (Phi) is 11.5. The zero-order chi connectivity index (χ0) is 25.6. The van der Waals surface area contributed by atoms with E-state index in [0.29, 0.717) is 24.6 Å². The van der Waals surface area contributed by atoms with Crippen molar-refractivity contribution < 1.29 is 26.7 Å². The number of hydrogen-bond acceptors (Lipinski definition) is 6. The summed E-state index contributed by atoms with van der Waals surface area (Å²) in [6.45, 7) is 28.6. The Morgan fingerprint density at radius 1 is 0.844 bits per heavy atom. The number of rotatable bonds is 14. The van der Waals surface area contributed by atoms with E-state index in [1.165, 1.54) is 0 Å². The van der Waals surface area contributed by atoms with Crippen LogP contribution in [0.5, 0.6) is 0 Å². The van der Waals surface area contributed by atoms with Crippen LogP contribution in [0.2, 0.25) is 65.0 Å². The summed E-state index contributed by atoms with van der Waals surface area (Å²) >= 11 is 0. The van der Waals surface area contributed by atoms with Crippen LogP contribution in [0.1, 0.15) is 27.2 Å². The lowest BCUT2D eigenvalue weighted by molar-refractivity contribution is -0.145.